The van der Waals surface area contributed by atoms with E-state index in [9.17, 15) is 4.79 Å². The minimum atomic E-state index is 0. The summed E-state index contributed by atoms with van der Waals surface area (Å²) in [6, 6.07) is 0.266. The van der Waals surface area contributed by atoms with Crippen molar-refractivity contribution in [1.82, 2.24) is 14.5 Å². The molecule has 2 N–H and O–H groups in total. The molecule has 1 aliphatic carbocycles. The molecule has 5 nitrogen and oxygen atoms in total. The van der Waals surface area contributed by atoms with Gasteiger partial charge in [-0.25, -0.2) is 0 Å². The monoisotopic (exact) mass is 316 g/mol. The standard InChI is InChI=1S/C13H20N4OS.ClH/c1-2-11-12(19-16-15-11)13(18)17-6-8-4-3-5-10(14)9(8)7-17;/h8-10H,2-7,14H2,1H3;1H. The van der Waals surface area contributed by atoms with Gasteiger partial charge >= 0.3 is 0 Å². The van der Waals surface area contributed by atoms with Crippen LogP contribution in [0.1, 0.15) is 41.6 Å². The lowest BCUT2D eigenvalue weighted by atomic mass is 9.78. The number of nitrogens with zero attached hydrogens (tertiary/aromatic N) is 3. The number of carbonyl (C=O) groups is 1. The third kappa shape index (κ3) is 2.69. The van der Waals surface area contributed by atoms with E-state index in [1.807, 2.05) is 11.8 Å². The number of aryl methyl sites for hydroxylation is 1. The van der Waals surface area contributed by atoms with Crippen molar-refractivity contribution in [3.05, 3.63) is 10.6 Å². The van der Waals surface area contributed by atoms with Gasteiger partial charge in [0.05, 0.1) is 5.69 Å². The topological polar surface area (TPSA) is 72.1 Å². The molecule has 20 heavy (non-hydrogen) atoms. The Morgan fingerprint density at radius 3 is 2.95 bits per heavy atom. The summed E-state index contributed by atoms with van der Waals surface area (Å²) in [6.45, 7) is 3.68. The average Bonchev–Trinajstić information content (AvgIpc) is 3.04. The number of aromatic nitrogens is 2. The fraction of sp³-hybridized carbons (Fsp3) is 0.769. The van der Waals surface area contributed by atoms with Crippen molar-refractivity contribution in [3.63, 3.8) is 0 Å². The van der Waals surface area contributed by atoms with Crippen LogP contribution in [0.2, 0.25) is 0 Å². The zero-order valence-electron chi connectivity index (χ0n) is 11.6. The molecule has 2 heterocycles. The highest BCUT2D eigenvalue weighted by atomic mass is 35.5. The number of likely N-dealkylation sites (tertiary alicyclic amines) is 1. The largest absolute Gasteiger partial charge is 0.337 e. The quantitative estimate of drug-likeness (QED) is 0.901. The minimum absolute atomic E-state index is 0. The average molecular weight is 317 g/mol. The number of amides is 1. The summed E-state index contributed by atoms with van der Waals surface area (Å²) in [5.41, 5.74) is 7.02. The van der Waals surface area contributed by atoms with E-state index in [0.29, 0.717) is 11.8 Å². The second kappa shape index (κ2) is 6.37. The maximum absolute atomic E-state index is 12.6. The molecule has 1 aliphatic heterocycles. The molecular formula is C13H21ClN4OS. The highest BCUT2D eigenvalue weighted by Crippen LogP contribution is 2.36. The van der Waals surface area contributed by atoms with Crippen LogP contribution in [0.3, 0.4) is 0 Å². The molecule has 3 rings (SSSR count). The minimum Gasteiger partial charge on any atom is -0.337 e. The van der Waals surface area contributed by atoms with E-state index in [4.69, 9.17) is 5.73 Å². The van der Waals surface area contributed by atoms with Gasteiger partial charge in [0.15, 0.2) is 0 Å². The third-order valence-electron chi connectivity index (χ3n) is 4.53. The molecule has 3 atom stereocenters. The maximum Gasteiger partial charge on any atom is 0.267 e. The summed E-state index contributed by atoms with van der Waals surface area (Å²) in [5.74, 6) is 1.19. The predicted octanol–water partition coefficient (Wildman–Crippen LogP) is 1.72. The molecular weight excluding hydrogens is 296 g/mol. The number of carbonyl (C=O) groups excluding carboxylic acids is 1. The van der Waals surface area contributed by atoms with Gasteiger partial charge in [0, 0.05) is 19.1 Å². The molecule has 1 aromatic rings. The van der Waals surface area contributed by atoms with E-state index in [2.05, 4.69) is 9.59 Å². The van der Waals surface area contributed by atoms with Gasteiger partial charge < -0.3 is 10.6 Å². The summed E-state index contributed by atoms with van der Waals surface area (Å²) in [4.78, 5) is 15.2. The first kappa shape index (κ1) is 15.7. The lowest BCUT2D eigenvalue weighted by molar-refractivity contribution is 0.0787. The Morgan fingerprint density at radius 2 is 2.25 bits per heavy atom. The summed E-state index contributed by atoms with van der Waals surface area (Å²) in [5, 5.41) is 4.03. The van der Waals surface area contributed by atoms with E-state index < -0.39 is 0 Å². The van der Waals surface area contributed by atoms with Gasteiger partial charge in [-0.15, -0.1) is 17.5 Å². The van der Waals surface area contributed by atoms with Gasteiger partial charge in [0.2, 0.25) is 0 Å². The normalized spacial score (nSPS) is 28.9. The Morgan fingerprint density at radius 1 is 1.45 bits per heavy atom. The smallest absolute Gasteiger partial charge is 0.267 e. The molecule has 7 heteroatoms. The highest BCUT2D eigenvalue weighted by molar-refractivity contribution is 7.08. The summed E-state index contributed by atoms with van der Waals surface area (Å²) >= 11 is 1.22. The molecule has 1 saturated heterocycles. The lowest BCUT2D eigenvalue weighted by Crippen LogP contribution is -2.38. The molecule has 0 aromatic carbocycles. The van der Waals surface area contributed by atoms with Gasteiger partial charge in [-0.3, -0.25) is 4.79 Å². The third-order valence-corrected chi connectivity index (χ3v) is 5.28. The number of hydrogen-bond acceptors (Lipinski definition) is 5. The Bertz CT molecular complexity index is 481. The Labute approximate surface area is 129 Å². The molecule has 3 unspecified atom stereocenters. The highest BCUT2D eigenvalue weighted by Gasteiger charge is 2.41. The van der Waals surface area contributed by atoms with Crippen LogP contribution in [0.15, 0.2) is 0 Å². The van der Waals surface area contributed by atoms with Crippen molar-refractivity contribution in [3.8, 4) is 0 Å². The molecule has 0 spiro atoms. The number of rotatable bonds is 2. The number of halogens is 1. The van der Waals surface area contributed by atoms with Crippen molar-refractivity contribution >= 4 is 29.8 Å². The summed E-state index contributed by atoms with van der Waals surface area (Å²) in [6.07, 6.45) is 4.28. The van der Waals surface area contributed by atoms with Crippen molar-refractivity contribution in [2.24, 2.45) is 17.6 Å². The zero-order chi connectivity index (χ0) is 13.4. The first-order valence-electron chi connectivity index (χ1n) is 7.06. The molecule has 1 saturated carbocycles. The summed E-state index contributed by atoms with van der Waals surface area (Å²) in [7, 11) is 0. The van der Waals surface area contributed by atoms with Gasteiger partial charge in [-0.1, -0.05) is 17.8 Å². The summed E-state index contributed by atoms with van der Waals surface area (Å²) < 4.78 is 3.91. The first-order valence-corrected chi connectivity index (χ1v) is 7.84. The molecule has 1 amide bonds. The molecule has 0 radical (unpaired) electrons. The van der Waals surface area contributed by atoms with E-state index >= 15 is 0 Å². The van der Waals surface area contributed by atoms with Crippen molar-refractivity contribution < 1.29 is 4.79 Å². The number of hydrogen-bond donors (Lipinski definition) is 1. The number of nitrogens with two attached hydrogens (primary N) is 1. The molecule has 112 valence electrons. The molecule has 1 aromatic heterocycles. The first-order chi connectivity index (χ1) is 9.20. The van der Waals surface area contributed by atoms with Crippen LogP contribution in [0.25, 0.3) is 0 Å². The molecule has 2 aliphatic rings. The maximum atomic E-state index is 12.6. The van der Waals surface area contributed by atoms with E-state index in [0.717, 1.165) is 36.5 Å². The van der Waals surface area contributed by atoms with Crippen LogP contribution in [0.5, 0.6) is 0 Å². The predicted molar refractivity (Wildman–Crippen MR) is 81.2 cm³/mol. The van der Waals surface area contributed by atoms with Crippen LogP contribution in [0, 0.1) is 11.8 Å². The van der Waals surface area contributed by atoms with E-state index in [1.165, 1.54) is 24.4 Å². The van der Waals surface area contributed by atoms with Crippen LogP contribution in [-0.2, 0) is 6.42 Å². The lowest BCUT2D eigenvalue weighted by Gasteiger charge is -2.29. The SMILES string of the molecule is CCc1nnsc1C(=O)N1CC2CCCC(N)C2C1.Cl. The van der Waals surface area contributed by atoms with Crippen LogP contribution in [-0.4, -0.2) is 39.5 Å². The fourth-order valence-corrected chi connectivity index (χ4v) is 4.15. The molecule has 2 fully saturated rings. The van der Waals surface area contributed by atoms with Gasteiger partial charge in [-0.2, -0.15) is 0 Å². The van der Waals surface area contributed by atoms with Crippen LogP contribution >= 0.6 is 23.9 Å². The van der Waals surface area contributed by atoms with Gasteiger partial charge in [0.25, 0.3) is 5.91 Å². The fourth-order valence-electron chi connectivity index (χ4n) is 3.43. The second-order valence-corrected chi connectivity index (χ2v) is 6.39. The van der Waals surface area contributed by atoms with Crippen LogP contribution < -0.4 is 5.73 Å². The Balaban J connectivity index is 0.00000147. The Hall–Kier alpha value is -0.720. The van der Waals surface area contributed by atoms with E-state index in [1.54, 1.807) is 0 Å². The van der Waals surface area contributed by atoms with Crippen molar-refractivity contribution in [1.29, 1.82) is 0 Å². The Kier molecular flexibility index (Phi) is 4.99. The van der Waals surface area contributed by atoms with E-state index in [-0.39, 0.29) is 24.4 Å². The second-order valence-electron chi connectivity index (χ2n) is 5.63. The van der Waals surface area contributed by atoms with Crippen molar-refractivity contribution in [2.45, 2.75) is 38.6 Å². The van der Waals surface area contributed by atoms with Gasteiger partial charge in [-0.05, 0) is 42.6 Å². The van der Waals surface area contributed by atoms with Crippen LogP contribution in [0.4, 0.5) is 0 Å². The number of fused-ring (bicyclic) bond motifs is 1. The molecule has 0 bridgehead atoms. The van der Waals surface area contributed by atoms with Gasteiger partial charge in [0.1, 0.15) is 4.88 Å². The van der Waals surface area contributed by atoms with Crippen molar-refractivity contribution in [2.75, 3.05) is 13.1 Å². The zero-order valence-corrected chi connectivity index (χ0v) is 13.3.